The van der Waals surface area contributed by atoms with Crippen molar-refractivity contribution in [3.63, 3.8) is 0 Å². The highest BCUT2D eigenvalue weighted by atomic mass is 16.5. The standard InChI is InChI=1S/C20H18N4O3/c1-14-17(18(25)23(2)13-15-9-5-3-6-10-15)24-20(26-14)21-19(22-24)27-16-11-7-4-8-12-16/h3-12H,13H2,1-2H3. The first-order chi connectivity index (χ1) is 13.1. The fourth-order valence-electron chi connectivity index (χ4n) is 2.81. The molecule has 0 bridgehead atoms. The van der Waals surface area contributed by atoms with Crippen LogP contribution in [-0.4, -0.2) is 32.5 Å². The first kappa shape index (κ1) is 16.8. The van der Waals surface area contributed by atoms with E-state index >= 15 is 0 Å². The van der Waals surface area contributed by atoms with Gasteiger partial charge in [-0.2, -0.15) is 4.52 Å². The van der Waals surface area contributed by atoms with Gasteiger partial charge in [-0.25, -0.2) is 0 Å². The smallest absolute Gasteiger partial charge is 0.344 e. The molecule has 2 aromatic carbocycles. The fraction of sp³-hybridized carbons (Fsp3) is 0.150. The number of fused-ring (bicyclic) bond motifs is 1. The molecule has 2 aromatic heterocycles. The maximum Gasteiger partial charge on any atom is 0.344 e. The molecule has 0 fully saturated rings. The Labute approximate surface area is 155 Å². The Hall–Kier alpha value is -3.61. The second-order valence-corrected chi connectivity index (χ2v) is 6.16. The molecule has 0 atom stereocenters. The van der Waals surface area contributed by atoms with Crippen molar-refractivity contribution < 1.29 is 13.9 Å². The topological polar surface area (TPSA) is 72.9 Å². The lowest BCUT2D eigenvalue weighted by atomic mass is 10.2. The Kier molecular flexibility index (Phi) is 4.33. The van der Waals surface area contributed by atoms with E-state index in [4.69, 9.17) is 9.15 Å². The number of ether oxygens (including phenoxy) is 1. The number of aromatic nitrogens is 3. The third-order valence-electron chi connectivity index (χ3n) is 4.11. The van der Waals surface area contributed by atoms with E-state index in [2.05, 4.69) is 10.1 Å². The van der Waals surface area contributed by atoms with E-state index in [-0.39, 0.29) is 17.8 Å². The quantitative estimate of drug-likeness (QED) is 0.541. The van der Waals surface area contributed by atoms with Gasteiger partial charge in [0.2, 0.25) is 0 Å². The van der Waals surface area contributed by atoms with E-state index in [0.717, 1.165) is 5.56 Å². The second-order valence-electron chi connectivity index (χ2n) is 6.16. The second kappa shape index (κ2) is 6.95. The van der Waals surface area contributed by atoms with Crippen LogP contribution in [0, 0.1) is 6.92 Å². The van der Waals surface area contributed by atoms with Crippen molar-refractivity contribution in [1.82, 2.24) is 19.5 Å². The van der Waals surface area contributed by atoms with E-state index in [0.29, 0.717) is 23.7 Å². The minimum atomic E-state index is -0.203. The van der Waals surface area contributed by atoms with E-state index in [1.807, 2.05) is 48.5 Å². The SMILES string of the molecule is Cc1oc2nc(Oc3ccccc3)nn2c1C(=O)N(C)Cc1ccccc1. The number of hydrogen-bond donors (Lipinski definition) is 0. The predicted molar refractivity (Wildman–Crippen MR) is 98.7 cm³/mol. The van der Waals surface area contributed by atoms with Gasteiger partial charge in [0.25, 0.3) is 5.91 Å². The minimum absolute atomic E-state index is 0.125. The summed E-state index contributed by atoms with van der Waals surface area (Å²) >= 11 is 0. The van der Waals surface area contributed by atoms with E-state index in [9.17, 15) is 4.79 Å². The molecular weight excluding hydrogens is 344 g/mol. The van der Waals surface area contributed by atoms with E-state index < -0.39 is 0 Å². The van der Waals surface area contributed by atoms with Crippen LogP contribution in [0.5, 0.6) is 11.8 Å². The number of hydrogen-bond acceptors (Lipinski definition) is 5. The van der Waals surface area contributed by atoms with Crippen molar-refractivity contribution in [2.75, 3.05) is 7.05 Å². The summed E-state index contributed by atoms with van der Waals surface area (Å²) in [7, 11) is 1.74. The Morgan fingerprint density at radius 1 is 1.11 bits per heavy atom. The largest absolute Gasteiger partial charge is 0.426 e. The van der Waals surface area contributed by atoms with Gasteiger partial charge in [-0.15, -0.1) is 10.1 Å². The van der Waals surface area contributed by atoms with Crippen LogP contribution in [0.25, 0.3) is 5.84 Å². The molecule has 4 rings (SSSR count). The summed E-state index contributed by atoms with van der Waals surface area (Å²) in [5, 5.41) is 4.28. The number of aryl methyl sites for hydroxylation is 1. The molecule has 0 aliphatic rings. The van der Waals surface area contributed by atoms with Crippen LogP contribution >= 0.6 is 0 Å². The number of carbonyl (C=O) groups is 1. The molecule has 7 nitrogen and oxygen atoms in total. The molecule has 0 saturated carbocycles. The monoisotopic (exact) mass is 362 g/mol. The van der Waals surface area contributed by atoms with Crippen LogP contribution in [-0.2, 0) is 6.54 Å². The lowest BCUT2D eigenvalue weighted by molar-refractivity contribution is 0.0775. The van der Waals surface area contributed by atoms with Crippen LogP contribution in [0.1, 0.15) is 21.8 Å². The first-order valence-corrected chi connectivity index (χ1v) is 8.50. The van der Waals surface area contributed by atoms with Gasteiger partial charge in [-0.1, -0.05) is 48.5 Å². The number of benzene rings is 2. The number of oxazole rings is 1. The zero-order valence-electron chi connectivity index (χ0n) is 15.0. The van der Waals surface area contributed by atoms with Gasteiger partial charge in [-0.3, -0.25) is 4.79 Å². The normalized spacial score (nSPS) is 10.9. The average molecular weight is 362 g/mol. The number of carbonyl (C=O) groups excluding carboxylic acids is 1. The van der Waals surface area contributed by atoms with Crippen LogP contribution in [0.3, 0.4) is 0 Å². The summed E-state index contributed by atoms with van der Waals surface area (Å²) in [6, 6.07) is 19.1. The summed E-state index contributed by atoms with van der Waals surface area (Å²) in [6.07, 6.45) is 0. The summed E-state index contributed by atoms with van der Waals surface area (Å²) < 4.78 is 12.6. The highest BCUT2D eigenvalue weighted by Crippen LogP contribution is 2.22. The molecule has 2 heterocycles. The molecule has 1 amide bonds. The molecule has 0 N–H and O–H groups in total. The lowest BCUT2D eigenvalue weighted by Crippen LogP contribution is -2.28. The van der Waals surface area contributed by atoms with Crippen molar-refractivity contribution in [3.05, 3.63) is 77.7 Å². The maximum absolute atomic E-state index is 12.9. The third-order valence-corrected chi connectivity index (χ3v) is 4.11. The summed E-state index contributed by atoms with van der Waals surface area (Å²) in [6.45, 7) is 2.20. The zero-order valence-corrected chi connectivity index (χ0v) is 15.0. The molecule has 27 heavy (non-hydrogen) atoms. The molecule has 0 spiro atoms. The van der Waals surface area contributed by atoms with Gasteiger partial charge >= 0.3 is 11.9 Å². The molecule has 7 heteroatoms. The number of amides is 1. The van der Waals surface area contributed by atoms with Gasteiger partial charge in [0.15, 0.2) is 5.69 Å². The molecular formula is C20H18N4O3. The van der Waals surface area contributed by atoms with Crippen LogP contribution in [0.4, 0.5) is 0 Å². The van der Waals surface area contributed by atoms with Crippen LogP contribution in [0.2, 0.25) is 0 Å². The molecule has 4 aromatic rings. The van der Waals surface area contributed by atoms with Crippen molar-refractivity contribution >= 4 is 11.8 Å². The Morgan fingerprint density at radius 2 is 1.78 bits per heavy atom. The molecule has 0 radical (unpaired) electrons. The Bertz CT molecular complexity index is 1070. The molecule has 0 aliphatic carbocycles. The van der Waals surface area contributed by atoms with Crippen molar-refractivity contribution in [3.8, 4) is 11.8 Å². The van der Waals surface area contributed by atoms with Crippen molar-refractivity contribution in [1.29, 1.82) is 0 Å². The Balaban J connectivity index is 1.60. The summed E-state index contributed by atoms with van der Waals surface area (Å²) in [5.74, 6) is 1.08. The van der Waals surface area contributed by atoms with Crippen LogP contribution < -0.4 is 4.74 Å². The highest BCUT2D eigenvalue weighted by molar-refractivity contribution is 5.93. The summed E-state index contributed by atoms with van der Waals surface area (Å²) in [4.78, 5) is 18.8. The van der Waals surface area contributed by atoms with Gasteiger partial charge in [0.05, 0.1) is 0 Å². The predicted octanol–water partition coefficient (Wildman–Crippen LogP) is 3.70. The fourth-order valence-corrected chi connectivity index (χ4v) is 2.81. The van der Waals surface area contributed by atoms with E-state index in [1.54, 1.807) is 31.0 Å². The summed E-state index contributed by atoms with van der Waals surface area (Å²) in [5.41, 5.74) is 1.37. The van der Waals surface area contributed by atoms with Gasteiger partial charge in [0.1, 0.15) is 11.5 Å². The third kappa shape index (κ3) is 3.39. The van der Waals surface area contributed by atoms with E-state index in [1.165, 1.54) is 4.52 Å². The van der Waals surface area contributed by atoms with Crippen molar-refractivity contribution in [2.24, 2.45) is 0 Å². The van der Waals surface area contributed by atoms with Gasteiger partial charge < -0.3 is 14.1 Å². The van der Waals surface area contributed by atoms with Crippen LogP contribution in [0.15, 0.2) is 65.1 Å². The minimum Gasteiger partial charge on any atom is -0.426 e. The lowest BCUT2D eigenvalue weighted by Gasteiger charge is -2.16. The first-order valence-electron chi connectivity index (χ1n) is 8.50. The molecule has 0 aliphatic heterocycles. The molecule has 0 saturated heterocycles. The van der Waals surface area contributed by atoms with Gasteiger partial charge in [0, 0.05) is 13.6 Å². The Morgan fingerprint density at radius 3 is 2.48 bits per heavy atom. The number of nitrogens with zero attached hydrogens (tertiary/aromatic N) is 4. The zero-order chi connectivity index (χ0) is 18.8. The van der Waals surface area contributed by atoms with Crippen molar-refractivity contribution in [2.45, 2.75) is 13.5 Å². The number of para-hydroxylation sites is 1. The highest BCUT2D eigenvalue weighted by Gasteiger charge is 2.25. The maximum atomic E-state index is 12.9. The molecule has 136 valence electrons. The average Bonchev–Trinajstić information content (AvgIpc) is 3.18. The van der Waals surface area contributed by atoms with Gasteiger partial charge in [-0.05, 0) is 24.6 Å². The number of rotatable bonds is 5. The molecule has 0 unspecified atom stereocenters.